The van der Waals surface area contributed by atoms with Crippen molar-refractivity contribution in [1.29, 1.82) is 0 Å². The number of nitrogens with one attached hydrogen (secondary N) is 1. The lowest BCUT2D eigenvalue weighted by Gasteiger charge is -2.10. The molecule has 0 heterocycles. The van der Waals surface area contributed by atoms with Crippen LogP contribution in [-0.4, -0.2) is 5.91 Å². The van der Waals surface area contributed by atoms with Gasteiger partial charge in [0.1, 0.15) is 5.82 Å². The van der Waals surface area contributed by atoms with Gasteiger partial charge < -0.3 is 5.32 Å². The number of carbonyl (C=O) groups is 1. The fraction of sp³-hybridized carbons (Fsp3) is 0.133. The van der Waals surface area contributed by atoms with Crippen LogP contribution >= 0.6 is 27.5 Å². The molecule has 5 heteroatoms. The van der Waals surface area contributed by atoms with Crippen molar-refractivity contribution in [3.05, 3.63) is 62.8 Å². The van der Waals surface area contributed by atoms with Crippen molar-refractivity contribution in [2.24, 2.45) is 0 Å². The maximum atomic E-state index is 13.3. The van der Waals surface area contributed by atoms with Crippen LogP contribution in [0.3, 0.4) is 0 Å². The van der Waals surface area contributed by atoms with Gasteiger partial charge in [-0.1, -0.05) is 23.7 Å². The summed E-state index contributed by atoms with van der Waals surface area (Å²) in [4.78, 5) is 12.0. The Morgan fingerprint density at radius 3 is 2.80 bits per heavy atom. The molecule has 0 spiro atoms. The van der Waals surface area contributed by atoms with Gasteiger partial charge >= 0.3 is 0 Å². The second-order valence-corrected chi connectivity index (χ2v) is 5.73. The fourth-order valence-corrected chi connectivity index (χ4v) is 2.36. The van der Waals surface area contributed by atoms with Crippen LogP contribution in [0.4, 0.5) is 10.1 Å². The molecule has 0 unspecified atom stereocenters. The van der Waals surface area contributed by atoms with Crippen molar-refractivity contribution in [3.8, 4) is 0 Å². The number of benzene rings is 2. The maximum absolute atomic E-state index is 13.3. The van der Waals surface area contributed by atoms with Crippen molar-refractivity contribution < 1.29 is 9.18 Å². The van der Waals surface area contributed by atoms with Crippen molar-refractivity contribution >= 4 is 39.1 Å². The summed E-state index contributed by atoms with van der Waals surface area (Å²) in [5, 5.41) is 3.36. The number of halogens is 3. The van der Waals surface area contributed by atoms with E-state index in [1.54, 1.807) is 31.2 Å². The van der Waals surface area contributed by atoms with Gasteiger partial charge in [-0.2, -0.15) is 0 Å². The Kier molecular flexibility index (Phi) is 4.78. The van der Waals surface area contributed by atoms with Gasteiger partial charge in [0.15, 0.2) is 0 Å². The molecule has 2 aromatic rings. The first-order valence-corrected chi connectivity index (χ1v) is 7.13. The van der Waals surface area contributed by atoms with Crippen LogP contribution in [0.2, 0.25) is 5.02 Å². The molecular weight excluding hydrogens is 345 g/mol. The van der Waals surface area contributed by atoms with Gasteiger partial charge in [-0.25, -0.2) is 4.39 Å². The van der Waals surface area contributed by atoms with Crippen molar-refractivity contribution in [3.63, 3.8) is 0 Å². The summed E-state index contributed by atoms with van der Waals surface area (Å²) in [5.74, 6) is -0.524. The molecule has 1 amide bonds. The van der Waals surface area contributed by atoms with Gasteiger partial charge in [0, 0.05) is 10.7 Å². The Labute approximate surface area is 130 Å². The third-order valence-electron chi connectivity index (χ3n) is 2.80. The summed E-state index contributed by atoms with van der Waals surface area (Å²) in [6, 6.07) is 10.1. The molecule has 2 nitrogen and oxygen atoms in total. The van der Waals surface area contributed by atoms with E-state index in [0.29, 0.717) is 20.7 Å². The van der Waals surface area contributed by atoms with Crippen LogP contribution in [-0.2, 0) is 11.2 Å². The lowest BCUT2D eigenvalue weighted by Crippen LogP contribution is -2.15. The van der Waals surface area contributed by atoms with E-state index in [9.17, 15) is 9.18 Å². The molecule has 0 aliphatic carbocycles. The molecule has 104 valence electrons. The van der Waals surface area contributed by atoms with Gasteiger partial charge in [0.25, 0.3) is 0 Å². The number of amides is 1. The van der Waals surface area contributed by atoms with Gasteiger partial charge in [-0.15, -0.1) is 0 Å². The van der Waals surface area contributed by atoms with E-state index in [1.807, 2.05) is 6.07 Å². The van der Waals surface area contributed by atoms with Crippen molar-refractivity contribution in [2.45, 2.75) is 13.3 Å². The molecule has 0 fully saturated rings. The fourth-order valence-electron chi connectivity index (χ4n) is 1.81. The maximum Gasteiger partial charge on any atom is 0.228 e. The minimum absolute atomic E-state index is 0.172. The number of aryl methyl sites for hydroxylation is 1. The third-order valence-corrected chi connectivity index (χ3v) is 3.64. The zero-order valence-electron chi connectivity index (χ0n) is 10.7. The van der Waals surface area contributed by atoms with Gasteiger partial charge in [-0.3, -0.25) is 4.79 Å². The Bertz CT molecular complexity index is 660. The van der Waals surface area contributed by atoms with Crippen LogP contribution in [0, 0.1) is 12.7 Å². The second-order valence-electron chi connectivity index (χ2n) is 4.44. The van der Waals surface area contributed by atoms with Crippen molar-refractivity contribution in [1.82, 2.24) is 0 Å². The van der Waals surface area contributed by atoms with Crippen LogP contribution in [0.1, 0.15) is 11.1 Å². The molecule has 0 bridgehead atoms. The first kappa shape index (κ1) is 15.0. The Morgan fingerprint density at radius 2 is 2.10 bits per heavy atom. The second kappa shape index (κ2) is 6.37. The molecule has 0 atom stereocenters. The molecule has 2 rings (SSSR count). The van der Waals surface area contributed by atoms with E-state index < -0.39 is 0 Å². The average Bonchev–Trinajstić information content (AvgIpc) is 2.36. The van der Waals surface area contributed by atoms with Crippen LogP contribution in [0.15, 0.2) is 40.9 Å². The SMILES string of the molecule is Cc1cc(F)c(Br)cc1NC(=O)Cc1cccc(Cl)c1. The standard InChI is InChI=1S/C15H12BrClFNO/c1-9-5-13(18)12(16)8-14(9)19-15(20)7-10-3-2-4-11(17)6-10/h2-6,8H,7H2,1H3,(H,19,20). The summed E-state index contributed by atoms with van der Waals surface area (Å²) in [6.45, 7) is 1.74. The van der Waals surface area contributed by atoms with Crippen LogP contribution < -0.4 is 5.32 Å². The molecule has 20 heavy (non-hydrogen) atoms. The predicted molar refractivity (Wildman–Crippen MR) is 82.6 cm³/mol. The molecule has 0 aliphatic heterocycles. The third kappa shape index (κ3) is 3.81. The smallest absolute Gasteiger partial charge is 0.228 e. The Balaban J connectivity index is 2.10. The van der Waals surface area contributed by atoms with E-state index in [4.69, 9.17) is 11.6 Å². The predicted octanol–water partition coefficient (Wildman–Crippen LogP) is 4.73. The van der Waals surface area contributed by atoms with E-state index in [1.165, 1.54) is 6.07 Å². The Hall–Kier alpha value is -1.39. The number of hydrogen-bond acceptors (Lipinski definition) is 1. The number of anilines is 1. The number of rotatable bonds is 3. The topological polar surface area (TPSA) is 29.1 Å². The normalized spacial score (nSPS) is 10.4. The highest BCUT2D eigenvalue weighted by molar-refractivity contribution is 9.10. The molecule has 0 aromatic heterocycles. The van der Waals surface area contributed by atoms with Gasteiger partial charge in [-0.05, 0) is 58.2 Å². The zero-order chi connectivity index (χ0) is 14.7. The lowest BCUT2D eigenvalue weighted by atomic mass is 10.1. The summed E-state index contributed by atoms with van der Waals surface area (Å²) < 4.78 is 13.6. The molecule has 1 N–H and O–H groups in total. The minimum atomic E-state index is -0.352. The quantitative estimate of drug-likeness (QED) is 0.846. The molecule has 2 aromatic carbocycles. The van der Waals surface area contributed by atoms with Crippen LogP contribution in [0.25, 0.3) is 0 Å². The summed E-state index contributed by atoms with van der Waals surface area (Å²) in [7, 11) is 0. The van der Waals surface area contributed by atoms with Crippen LogP contribution in [0.5, 0.6) is 0 Å². The zero-order valence-corrected chi connectivity index (χ0v) is 13.1. The highest BCUT2D eigenvalue weighted by Crippen LogP contribution is 2.24. The van der Waals surface area contributed by atoms with E-state index in [-0.39, 0.29) is 18.1 Å². The molecular formula is C15H12BrClFNO. The molecule has 0 saturated carbocycles. The highest BCUT2D eigenvalue weighted by atomic mass is 79.9. The van der Waals surface area contributed by atoms with E-state index in [0.717, 1.165) is 5.56 Å². The number of hydrogen-bond donors (Lipinski definition) is 1. The highest BCUT2D eigenvalue weighted by Gasteiger charge is 2.09. The van der Waals surface area contributed by atoms with E-state index in [2.05, 4.69) is 21.2 Å². The minimum Gasteiger partial charge on any atom is -0.326 e. The average molecular weight is 357 g/mol. The summed E-state index contributed by atoms with van der Waals surface area (Å²) in [6.07, 6.45) is 0.217. The van der Waals surface area contributed by atoms with Gasteiger partial charge in [0.05, 0.1) is 10.9 Å². The number of carbonyl (C=O) groups excluding carboxylic acids is 1. The lowest BCUT2D eigenvalue weighted by molar-refractivity contribution is -0.115. The van der Waals surface area contributed by atoms with Crippen molar-refractivity contribution in [2.75, 3.05) is 5.32 Å². The molecule has 0 aliphatic rings. The Morgan fingerprint density at radius 1 is 1.35 bits per heavy atom. The largest absolute Gasteiger partial charge is 0.326 e. The monoisotopic (exact) mass is 355 g/mol. The molecule has 0 saturated heterocycles. The summed E-state index contributed by atoms with van der Waals surface area (Å²) in [5.41, 5.74) is 2.09. The summed E-state index contributed by atoms with van der Waals surface area (Å²) >= 11 is 8.98. The first-order valence-electron chi connectivity index (χ1n) is 5.95. The van der Waals surface area contributed by atoms with E-state index >= 15 is 0 Å². The first-order chi connectivity index (χ1) is 9.45. The van der Waals surface area contributed by atoms with Gasteiger partial charge in [0.2, 0.25) is 5.91 Å². The molecule has 0 radical (unpaired) electrons.